The topological polar surface area (TPSA) is 48.5 Å². The highest BCUT2D eigenvalue weighted by Gasteiger charge is 2.16. The van der Waals surface area contributed by atoms with Crippen LogP contribution in [0, 0.1) is 0 Å². The molecule has 0 radical (unpaired) electrons. The number of hydrogen-bond donors (Lipinski definition) is 0. The average Bonchev–Trinajstić information content (AvgIpc) is 3.19. The van der Waals surface area contributed by atoms with Crippen molar-refractivity contribution in [2.75, 3.05) is 7.11 Å². The second kappa shape index (κ2) is 7.52. The number of rotatable bonds is 5. The summed E-state index contributed by atoms with van der Waals surface area (Å²) in [7, 11) is 1.64. The maximum atomic E-state index is 13.1. The van der Waals surface area contributed by atoms with Crippen LogP contribution in [0.25, 0.3) is 28.1 Å². The number of nitrogens with zero attached hydrogens (tertiary/aromatic N) is 3. The van der Waals surface area contributed by atoms with E-state index in [1.54, 1.807) is 17.6 Å². The van der Waals surface area contributed by atoms with Crippen LogP contribution in [-0.2, 0) is 13.0 Å². The van der Waals surface area contributed by atoms with E-state index in [1.807, 2.05) is 66.7 Å². The molecule has 0 atom stereocenters. The van der Waals surface area contributed by atoms with Crippen LogP contribution in [0.4, 0.5) is 0 Å². The number of aromatic nitrogens is 3. The molecule has 5 heteroatoms. The van der Waals surface area contributed by atoms with Crippen molar-refractivity contribution in [1.82, 2.24) is 14.0 Å². The van der Waals surface area contributed by atoms with Gasteiger partial charge in [-0.15, -0.1) is 0 Å². The largest absolute Gasteiger partial charge is 0.497 e. The Labute approximate surface area is 173 Å². The molecule has 0 amide bonds. The smallest absolute Gasteiger partial charge is 0.260 e. The summed E-state index contributed by atoms with van der Waals surface area (Å²) < 4.78 is 9.23. The van der Waals surface area contributed by atoms with Crippen LogP contribution in [0.15, 0.2) is 89.7 Å². The molecule has 5 nitrogen and oxygen atoms in total. The van der Waals surface area contributed by atoms with E-state index in [4.69, 9.17) is 9.72 Å². The normalized spacial score (nSPS) is 11.2. The lowest BCUT2D eigenvalue weighted by atomic mass is 10.1. The van der Waals surface area contributed by atoms with Gasteiger partial charge in [0.25, 0.3) is 5.56 Å². The Morgan fingerprint density at radius 3 is 2.53 bits per heavy atom. The Morgan fingerprint density at radius 2 is 1.70 bits per heavy atom. The van der Waals surface area contributed by atoms with E-state index in [2.05, 4.69) is 16.7 Å². The molecule has 0 saturated heterocycles. The van der Waals surface area contributed by atoms with Gasteiger partial charge in [-0.1, -0.05) is 54.6 Å². The minimum atomic E-state index is -0.0903. The van der Waals surface area contributed by atoms with Crippen LogP contribution in [0.2, 0.25) is 0 Å². The predicted molar refractivity (Wildman–Crippen MR) is 119 cm³/mol. The Balaban J connectivity index is 1.75. The maximum absolute atomic E-state index is 13.1. The summed E-state index contributed by atoms with van der Waals surface area (Å²) in [6.45, 7) is 0.698. The van der Waals surface area contributed by atoms with Gasteiger partial charge >= 0.3 is 0 Å². The van der Waals surface area contributed by atoms with Crippen LogP contribution in [-0.4, -0.2) is 21.1 Å². The Kier molecular flexibility index (Phi) is 4.56. The molecule has 0 spiro atoms. The Hall–Kier alpha value is -3.86. The number of fused-ring (bicyclic) bond motifs is 3. The molecule has 5 rings (SSSR count). The van der Waals surface area contributed by atoms with Crippen molar-refractivity contribution in [1.29, 1.82) is 0 Å². The first-order valence-electron chi connectivity index (χ1n) is 9.94. The molecule has 0 bridgehead atoms. The van der Waals surface area contributed by atoms with Crippen molar-refractivity contribution in [3.05, 3.63) is 101 Å². The number of hydrogen-bond acceptors (Lipinski definition) is 3. The molecule has 5 aromatic rings. The SMILES string of the molecule is COc1cccc(-c2cc(=O)n3c4ccccc4nc3n2CCc2ccccc2)c1. The van der Waals surface area contributed by atoms with Gasteiger partial charge in [0, 0.05) is 18.2 Å². The van der Waals surface area contributed by atoms with Gasteiger partial charge in [0.05, 0.1) is 23.8 Å². The highest BCUT2D eigenvalue weighted by atomic mass is 16.5. The molecule has 2 heterocycles. The fourth-order valence-corrected chi connectivity index (χ4v) is 3.91. The third kappa shape index (κ3) is 3.14. The van der Waals surface area contributed by atoms with Gasteiger partial charge in [-0.05, 0) is 36.2 Å². The summed E-state index contributed by atoms with van der Waals surface area (Å²) in [6, 6.07) is 27.6. The first-order valence-corrected chi connectivity index (χ1v) is 9.94. The second-order valence-electron chi connectivity index (χ2n) is 7.22. The van der Waals surface area contributed by atoms with Crippen molar-refractivity contribution in [3.63, 3.8) is 0 Å². The summed E-state index contributed by atoms with van der Waals surface area (Å²) in [4.78, 5) is 17.9. The quantitative estimate of drug-likeness (QED) is 0.438. The molecule has 0 aliphatic rings. The van der Waals surface area contributed by atoms with Gasteiger partial charge in [-0.25, -0.2) is 9.38 Å². The van der Waals surface area contributed by atoms with Gasteiger partial charge in [0.2, 0.25) is 5.78 Å². The van der Waals surface area contributed by atoms with Gasteiger partial charge < -0.3 is 9.30 Å². The summed E-state index contributed by atoms with van der Waals surface area (Å²) in [5.41, 5.74) is 4.54. The van der Waals surface area contributed by atoms with Crippen LogP contribution in [0.3, 0.4) is 0 Å². The predicted octanol–water partition coefficient (Wildman–Crippen LogP) is 4.57. The number of para-hydroxylation sites is 2. The lowest BCUT2D eigenvalue weighted by Gasteiger charge is -2.16. The monoisotopic (exact) mass is 395 g/mol. The first kappa shape index (κ1) is 18.2. The zero-order valence-corrected chi connectivity index (χ0v) is 16.7. The molecule has 0 aliphatic carbocycles. The number of imidazole rings is 1. The Bertz CT molecular complexity index is 1400. The average molecular weight is 395 g/mol. The van der Waals surface area contributed by atoms with Crippen LogP contribution >= 0.6 is 0 Å². The highest BCUT2D eigenvalue weighted by molar-refractivity contribution is 5.80. The molecule has 148 valence electrons. The van der Waals surface area contributed by atoms with Crippen LogP contribution in [0.5, 0.6) is 5.75 Å². The molecule has 0 saturated carbocycles. The van der Waals surface area contributed by atoms with E-state index in [1.165, 1.54) is 5.56 Å². The standard InChI is InChI=1S/C25H21N3O2/c1-30-20-11-7-10-19(16-20)23-17-24(29)28-22-13-6-5-12-21(22)26-25(28)27(23)15-14-18-8-3-2-4-9-18/h2-13,16-17H,14-15H2,1H3. The van der Waals surface area contributed by atoms with Gasteiger partial charge in [-0.3, -0.25) is 4.79 Å². The summed E-state index contributed by atoms with van der Waals surface area (Å²) in [5, 5.41) is 0. The summed E-state index contributed by atoms with van der Waals surface area (Å²) >= 11 is 0. The molecule has 0 N–H and O–H groups in total. The highest BCUT2D eigenvalue weighted by Crippen LogP contribution is 2.26. The van der Waals surface area contributed by atoms with Crippen molar-refractivity contribution in [3.8, 4) is 17.0 Å². The van der Waals surface area contributed by atoms with Gasteiger partial charge in [0.15, 0.2) is 0 Å². The lowest BCUT2D eigenvalue weighted by molar-refractivity contribution is 0.415. The number of benzene rings is 3. The van der Waals surface area contributed by atoms with Crippen molar-refractivity contribution in [2.24, 2.45) is 0 Å². The van der Waals surface area contributed by atoms with Gasteiger partial charge in [-0.2, -0.15) is 0 Å². The van der Waals surface area contributed by atoms with Crippen LogP contribution in [0.1, 0.15) is 5.56 Å². The first-order chi connectivity index (χ1) is 14.7. The lowest BCUT2D eigenvalue weighted by Crippen LogP contribution is -2.19. The third-order valence-electron chi connectivity index (χ3n) is 5.39. The molecular weight excluding hydrogens is 374 g/mol. The molecule has 0 aliphatic heterocycles. The fourth-order valence-electron chi connectivity index (χ4n) is 3.91. The molecule has 3 aromatic carbocycles. The minimum Gasteiger partial charge on any atom is -0.497 e. The summed E-state index contributed by atoms with van der Waals surface area (Å²) in [5.74, 6) is 1.40. The molecular formula is C25H21N3O2. The zero-order valence-electron chi connectivity index (χ0n) is 16.7. The van der Waals surface area contributed by atoms with Gasteiger partial charge in [0.1, 0.15) is 5.75 Å². The van der Waals surface area contributed by atoms with E-state index in [0.717, 1.165) is 34.5 Å². The summed E-state index contributed by atoms with van der Waals surface area (Å²) in [6.07, 6.45) is 0.833. The van der Waals surface area contributed by atoms with E-state index in [9.17, 15) is 4.79 Å². The van der Waals surface area contributed by atoms with Crippen molar-refractivity contribution in [2.45, 2.75) is 13.0 Å². The maximum Gasteiger partial charge on any atom is 0.260 e. The van der Waals surface area contributed by atoms with E-state index >= 15 is 0 Å². The molecule has 0 unspecified atom stereocenters. The number of methoxy groups -OCH3 is 1. The number of aryl methyl sites for hydroxylation is 2. The van der Waals surface area contributed by atoms with E-state index < -0.39 is 0 Å². The van der Waals surface area contributed by atoms with Crippen molar-refractivity contribution < 1.29 is 4.74 Å². The second-order valence-corrected chi connectivity index (χ2v) is 7.22. The zero-order chi connectivity index (χ0) is 20.5. The van der Waals surface area contributed by atoms with Crippen LogP contribution < -0.4 is 10.3 Å². The third-order valence-corrected chi connectivity index (χ3v) is 5.39. The van der Waals surface area contributed by atoms with E-state index in [-0.39, 0.29) is 5.56 Å². The fraction of sp³-hybridized carbons (Fsp3) is 0.120. The molecule has 2 aromatic heterocycles. The van der Waals surface area contributed by atoms with Crippen molar-refractivity contribution >= 4 is 16.8 Å². The minimum absolute atomic E-state index is 0.0903. The number of ether oxygens (including phenoxy) is 1. The molecule has 30 heavy (non-hydrogen) atoms. The van der Waals surface area contributed by atoms with E-state index in [0.29, 0.717) is 12.3 Å². The Morgan fingerprint density at radius 1 is 0.900 bits per heavy atom. The molecule has 0 fully saturated rings.